The second-order valence-electron chi connectivity index (χ2n) is 4.50. The van der Waals surface area contributed by atoms with Crippen molar-refractivity contribution in [3.63, 3.8) is 0 Å². The van der Waals surface area contributed by atoms with E-state index in [0.29, 0.717) is 6.04 Å². The number of carboxylic acid groups (broad SMARTS) is 1. The average Bonchev–Trinajstić information content (AvgIpc) is 2.97. The normalized spacial score (nSPS) is 12.5. The van der Waals surface area contributed by atoms with Gasteiger partial charge in [-0.3, -0.25) is 4.79 Å². The molecule has 102 valence electrons. The van der Waals surface area contributed by atoms with Gasteiger partial charge in [-0.15, -0.1) is 11.3 Å². The molecule has 0 saturated heterocycles. The van der Waals surface area contributed by atoms with Gasteiger partial charge in [-0.05, 0) is 31.2 Å². The summed E-state index contributed by atoms with van der Waals surface area (Å²) in [6, 6.07) is 8.03. The summed E-state index contributed by atoms with van der Waals surface area (Å²) in [6.45, 7) is 2.86. The van der Waals surface area contributed by atoms with E-state index in [1.54, 1.807) is 17.6 Å². The zero-order valence-corrected chi connectivity index (χ0v) is 11.6. The number of carbonyl (C=O) groups is 1. The Bertz CT molecular complexity index is 519. The van der Waals surface area contributed by atoms with Crippen molar-refractivity contribution in [3.05, 3.63) is 46.0 Å². The van der Waals surface area contributed by atoms with Crippen LogP contribution in [-0.2, 0) is 24.2 Å². The number of hydrogen-bond acceptors (Lipinski definition) is 4. The predicted molar refractivity (Wildman–Crippen MR) is 74.4 cm³/mol. The van der Waals surface area contributed by atoms with Crippen molar-refractivity contribution in [3.8, 4) is 0 Å². The number of hydrogen-bond donors (Lipinski definition) is 2. The molecule has 1 atom stereocenters. The second-order valence-corrected chi connectivity index (χ2v) is 5.76. The molecule has 19 heavy (non-hydrogen) atoms. The van der Waals surface area contributed by atoms with Gasteiger partial charge in [0.1, 0.15) is 5.76 Å². The Morgan fingerprint density at radius 3 is 2.89 bits per heavy atom. The van der Waals surface area contributed by atoms with Crippen LogP contribution in [0.15, 0.2) is 34.9 Å². The van der Waals surface area contributed by atoms with Crippen molar-refractivity contribution in [2.75, 3.05) is 0 Å². The van der Waals surface area contributed by atoms with Gasteiger partial charge in [0.25, 0.3) is 0 Å². The maximum absolute atomic E-state index is 10.6. The largest absolute Gasteiger partial charge is 0.481 e. The van der Waals surface area contributed by atoms with E-state index in [2.05, 4.69) is 12.2 Å². The minimum Gasteiger partial charge on any atom is -0.481 e. The van der Waals surface area contributed by atoms with E-state index in [1.165, 1.54) is 0 Å². The molecule has 0 amide bonds. The molecular formula is C14H17NO3S. The van der Waals surface area contributed by atoms with Crippen molar-refractivity contribution in [1.29, 1.82) is 0 Å². The van der Waals surface area contributed by atoms with E-state index in [9.17, 15) is 4.79 Å². The number of aliphatic carboxylic acids is 1. The third-order valence-corrected chi connectivity index (χ3v) is 3.84. The molecule has 0 aliphatic carbocycles. The monoisotopic (exact) mass is 279 g/mol. The summed E-state index contributed by atoms with van der Waals surface area (Å²) in [4.78, 5) is 12.6. The van der Waals surface area contributed by atoms with E-state index in [1.807, 2.05) is 24.3 Å². The molecule has 0 spiro atoms. The molecule has 0 radical (unpaired) electrons. The summed E-state index contributed by atoms with van der Waals surface area (Å²) in [6.07, 6.45) is 2.63. The Morgan fingerprint density at radius 2 is 2.21 bits per heavy atom. The molecule has 2 aromatic rings. The Labute approximate surface area is 116 Å². The molecule has 0 fully saturated rings. The van der Waals surface area contributed by atoms with Gasteiger partial charge in [0.05, 0.1) is 12.7 Å². The fourth-order valence-corrected chi connectivity index (χ4v) is 2.80. The fraction of sp³-hybridized carbons (Fsp3) is 0.357. The molecule has 0 aliphatic heterocycles. The maximum Gasteiger partial charge on any atom is 0.308 e. The van der Waals surface area contributed by atoms with E-state index >= 15 is 0 Å². The lowest BCUT2D eigenvalue weighted by Crippen LogP contribution is -2.26. The van der Waals surface area contributed by atoms with Crippen LogP contribution < -0.4 is 5.32 Å². The number of carboxylic acids is 1. The fourth-order valence-electron chi connectivity index (χ4n) is 1.84. The first-order valence-corrected chi connectivity index (χ1v) is 7.00. The lowest BCUT2D eigenvalue weighted by Gasteiger charge is -2.11. The molecule has 0 bridgehead atoms. The van der Waals surface area contributed by atoms with Crippen molar-refractivity contribution >= 4 is 17.3 Å². The highest BCUT2D eigenvalue weighted by Gasteiger charge is 2.07. The van der Waals surface area contributed by atoms with Gasteiger partial charge >= 0.3 is 5.97 Å². The molecule has 0 aromatic carbocycles. The van der Waals surface area contributed by atoms with Crippen LogP contribution in [0, 0.1) is 0 Å². The van der Waals surface area contributed by atoms with Crippen LogP contribution in [0.2, 0.25) is 0 Å². The number of rotatable bonds is 7. The van der Waals surface area contributed by atoms with E-state index in [0.717, 1.165) is 28.5 Å². The van der Waals surface area contributed by atoms with Crippen LogP contribution in [-0.4, -0.2) is 17.1 Å². The van der Waals surface area contributed by atoms with Crippen LogP contribution in [0.4, 0.5) is 0 Å². The number of thiophene rings is 1. The Morgan fingerprint density at radius 1 is 1.42 bits per heavy atom. The Hall–Kier alpha value is -1.59. The van der Waals surface area contributed by atoms with Gasteiger partial charge in [0.2, 0.25) is 0 Å². The van der Waals surface area contributed by atoms with Gasteiger partial charge in [0, 0.05) is 28.8 Å². The predicted octanol–water partition coefficient (Wildman–Crippen LogP) is 2.69. The first-order valence-electron chi connectivity index (χ1n) is 6.18. The van der Waals surface area contributed by atoms with Crippen molar-refractivity contribution in [1.82, 2.24) is 5.32 Å². The van der Waals surface area contributed by atoms with Crippen molar-refractivity contribution in [2.24, 2.45) is 0 Å². The van der Waals surface area contributed by atoms with Crippen LogP contribution >= 0.6 is 11.3 Å². The smallest absolute Gasteiger partial charge is 0.308 e. The molecule has 2 aromatic heterocycles. The van der Waals surface area contributed by atoms with E-state index in [-0.39, 0.29) is 6.42 Å². The summed E-state index contributed by atoms with van der Waals surface area (Å²) in [5.74, 6) is 0.185. The van der Waals surface area contributed by atoms with E-state index in [4.69, 9.17) is 9.52 Å². The molecule has 2 rings (SSSR count). The number of nitrogens with one attached hydrogen (secondary N) is 1. The molecule has 0 aliphatic rings. The summed E-state index contributed by atoms with van der Waals surface area (Å²) >= 11 is 1.54. The third kappa shape index (κ3) is 4.54. The highest BCUT2D eigenvalue weighted by atomic mass is 32.1. The Kier molecular flexibility index (Phi) is 4.76. The van der Waals surface area contributed by atoms with Gasteiger partial charge < -0.3 is 14.8 Å². The van der Waals surface area contributed by atoms with Gasteiger partial charge in [-0.1, -0.05) is 0 Å². The summed E-state index contributed by atoms with van der Waals surface area (Å²) in [5.41, 5.74) is 0. The Balaban J connectivity index is 1.78. The zero-order valence-electron chi connectivity index (χ0n) is 10.8. The number of furan rings is 1. The molecular weight excluding hydrogens is 262 g/mol. The second kappa shape index (κ2) is 6.54. The van der Waals surface area contributed by atoms with Crippen molar-refractivity contribution in [2.45, 2.75) is 32.4 Å². The molecule has 5 heteroatoms. The van der Waals surface area contributed by atoms with Crippen LogP contribution in [0.5, 0.6) is 0 Å². The summed E-state index contributed by atoms with van der Waals surface area (Å²) in [5, 5.41) is 12.1. The van der Waals surface area contributed by atoms with Gasteiger partial charge in [0.15, 0.2) is 0 Å². The minimum absolute atomic E-state index is 0.104. The lowest BCUT2D eigenvalue weighted by atomic mass is 10.2. The summed E-state index contributed by atoms with van der Waals surface area (Å²) < 4.78 is 5.30. The topological polar surface area (TPSA) is 62.5 Å². The van der Waals surface area contributed by atoms with Gasteiger partial charge in [-0.2, -0.15) is 0 Å². The molecule has 4 nitrogen and oxygen atoms in total. The van der Waals surface area contributed by atoms with Crippen LogP contribution in [0.3, 0.4) is 0 Å². The lowest BCUT2D eigenvalue weighted by molar-refractivity contribution is -0.136. The van der Waals surface area contributed by atoms with Crippen LogP contribution in [0.25, 0.3) is 0 Å². The third-order valence-electron chi connectivity index (χ3n) is 2.75. The molecule has 2 heterocycles. The highest BCUT2D eigenvalue weighted by molar-refractivity contribution is 7.12. The van der Waals surface area contributed by atoms with Crippen molar-refractivity contribution < 1.29 is 14.3 Å². The molecule has 1 unspecified atom stereocenters. The SMILES string of the molecule is CC(Cc1ccco1)NCc1ccc(CC(=O)O)s1. The molecule has 2 N–H and O–H groups in total. The van der Waals surface area contributed by atoms with Crippen LogP contribution in [0.1, 0.15) is 22.4 Å². The molecule has 0 saturated carbocycles. The highest BCUT2D eigenvalue weighted by Crippen LogP contribution is 2.17. The summed E-state index contributed by atoms with van der Waals surface area (Å²) in [7, 11) is 0. The average molecular weight is 279 g/mol. The maximum atomic E-state index is 10.6. The first kappa shape index (κ1) is 13.8. The zero-order chi connectivity index (χ0) is 13.7. The first-order chi connectivity index (χ1) is 9.13. The standard InChI is InChI=1S/C14H17NO3S/c1-10(7-11-3-2-6-18-11)15-9-13-5-4-12(19-13)8-14(16)17/h2-6,10,15H,7-9H2,1H3,(H,16,17). The van der Waals surface area contributed by atoms with E-state index < -0.39 is 5.97 Å². The quantitative estimate of drug-likeness (QED) is 0.818. The minimum atomic E-state index is -0.785. The van der Waals surface area contributed by atoms with Gasteiger partial charge in [-0.25, -0.2) is 0 Å².